The predicted octanol–water partition coefficient (Wildman–Crippen LogP) is 1.84. The fraction of sp³-hybridized carbons (Fsp3) is 0.529. The highest BCUT2D eigenvalue weighted by molar-refractivity contribution is 5.83. The molecule has 2 amide bonds. The number of methoxy groups -OCH3 is 1. The molecule has 1 atom stereocenters. The summed E-state index contributed by atoms with van der Waals surface area (Å²) in [6.07, 6.45) is -1.35. The third-order valence-corrected chi connectivity index (χ3v) is 3.89. The lowest BCUT2D eigenvalue weighted by Crippen LogP contribution is -2.53. The van der Waals surface area contributed by atoms with Crippen molar-refractivity contribution >= 4 is 12.0 Å². The van der Waals surface area contributed by atoms with Gasteiger partial charge in [0.1, 0.15) is 6.04 Å². The van der Waals surface area contributed by atoms with Crippen molar-refractivity contribution in [3.63, 3.8) is 0 Å². The van der Waals surface area contributed by atoms with Crippen molar-refractivity contribution in [2.75, 3.05) is 33.4 Å². The summed E-state index contributed by atoms with van der Waals surface area (Å²) >= 11 is 0. The number of carbonyl (C=O) groups excluding carboxylic acids is 2. The summed E-state index contributed by atoms with van der Waals surface area (Å²) in [5.74, 6) is -4.06. The molecule has 1 aromatic rings. The molecular weight excluding hydrogens is 334 g/mol. The number of esters is 1. The third kappa shape index (κ3) is 5.97. The van der Waals surface area contributed by atoms with Crippen LogP contribution in [0.15, 0.2) is 30.3 Å². The number of benzene rings is 1. The summed E-state index contributed by atoms with van der Waals surface area (Å²) in [6.45, 7) is 1.45. The predicted molar refractivity (Wildman–Crippen MR) is 86.4 cm³/mol. The second-order valence-corrected chi connectivity index (χ2v) is 5.85. The van der Waals surface area contributed by atoms with E-state index in [0.29, 0.717) is 31.9 Å². The highest BCUT2D eigenvalue weighted by Crippen LogP contribution is 2.26. The van der Waals surface area contributed by atoms with E-state index in [1.807, 2.05) is 0 Å². The van der Waals surface area contributed by atoms with Crippen LogP contribution in [0.25, 0.3) is 0 Å². The lowest BCUT2D eigenvalue weighted by Gasteiger charge is -2.29. The first-order valence-corrected chi connectivity index (χ1v) is 8.04. The van der Waals surface area contributed by atoms with Gasteiger partial charge in [-0.2, -0.15) is 0 Å². The van der Waals surface area contributed by atoms with Crippen LogP contribution < -0.4 is 5.32 Å². The van der Waals surface area contributed by atoms with Gasteiger partial charge in [0.15, 0.2) is 0 Å². The molecule has 1 fully saturated rings. The molecule has 1 heterocycles. The molecule has 0 bridgehead atoms. The van der Waals surface area contributed by atoms with Crippen LogP contribution >= 0.6 is 0 Å². The minimum absolute atomic E-state index is 0.347. The zero-order chi connectivity index (χ0) is 18.3. The van der Waals surface area contributed by atoms with Crippen molar-refractivity contribution in [1.29, 1.82) is 0 Å². The number of halogens is 2. The van der Waals surface area contributed by atoms with E-state index in [-0.39, 0.29) is 0 Å². The molecule has 6 nitrogen and oxygen atoms in total. The fourth-order valence-corrected chi connectivity index (χ4v) is 2.61. The van der Waals surface area contributed by atoms with Crippen molar-refractivity contribution < 1.29 is 27.8 Å². The fourth-order valence-electron chi connectivity index (χ4n) is 2.61. The Morgan fingerprint density at radius 3 is 2.52 bits per heavy atom. The zero-order valence-electron chi connectivity index (χ0n) is 14.0. The number of urea groups is 1. The van der Waals surface area contributed by atoms with Gasteiger partial charge < -0.3 is 19.7 Å². The maximum Gasteiger partial charge on any atom is 0.328 e. The van der Waals surface area contributed by atoms with Crippen LogP contribution in [0.2, 0.25) is 0 Å². The van der Waals surface area contributed by atoms with Crippen LogP contribution in [-0.2, 0) is 20.7 Å². The van der Waals surface area contributed by atoms with Crippen LogP contribution in [0, 0.1) is 0 Å². The van der Waals surface area contributed by atoms with Gasteiger partial charge >= 0.3 is 12.0 Å². The number of nitrogens with one attached hydrogen (secondary N) is 1. The summed E-state index contributed by atoms with van der Waals surface area (Å²) in [5.41, 5.74) is 0.454. The van der Waals surface area contributed by atoms with Crippen LogP contribution in [0.4, 0.5) is 13.6 Å². The molecule has 1 N–H and O–H groups in total. The third-order valence-electron chi connectivity index (χ3n) is 3.89. The Morgan fingerprint density at radius 2 is 1.92 bits per heavy atom. The molecule has 2 rings (SSSR count). The second-order valence-electron chi connectivity index (χ2n) is 5.85. The Morgan fingerprint density at radius 1 is 1.28 bits per heavy atom. The molecule has 1 aliphatic heterocycles. The Kier molecular flexibility index (Phi) is 6.69. The minimum Gasteiger partial charge on any atom is -0.467 e. The van der Waals surface area contributed by atoms with Crippen molar-refractivity contribution in [2.24, 2.45) is 0 Å². The molecule has 0 radical (unpaired) electrons. The van der Waals surface area contributed by atoms with E-state index in [0.717, 1.165) is 7.11 Å². The van der Waals surface area contributed by atoms with Crippen LogP contribution in [0.3, 0.4) is 0 Å². The van der Waals surface area contributed by atoms with Crippen molar-refractivity contribution in [2.45, 2.75) is 24.8 Å². The monoisotopic (exact) mass is 356 g/mol. The number of ether oxygens (including phenoxy) is 2. The molecule has 0 unspecified atom stereocenters. The molecule has 0 spiro atoms. The first-order valence-electron chi connectivity index (χ1n) is 8.04. The lowest BCUT2D eigenvalue weighted by atomic mass is 10.0. The van der Waals surface area contributed by atoms with Crippen molar-refractivity contribution in [3.8, 4) is 0 Å². The van der Waals surface area contributed by atoms with Gasteiger partial charge in [-0.15, -0.1) is 0 Å². The highest BCUT2D eigenvalue weighted by atomic mass is 19.3. The number of rotatable bonds is 6. The van der Waals surface area contributed by atoms with E-state index in [4.69, 9.17) is 4.74 Å². The number of morpholine rings is 1. The Hall–Kier alpha value is -2.22. The maximum atomic E-state index is 14.4. The second kappa shape index (κ2) is 8.75. The van der Waals surface area contributed by atoms with E-state index in [9.17, 15) is 18.4 Å². The molecule has 8 heteroatoms. The van der Waals surface area contributed by atoms with Crippen LogP contribution in [0.5, 0.6) is 0 Å². The Balaban J connectivity index is 2.00. The maximum absolute atomic E-state index is 14.4. The normalized spacial score (nSPS) is 16.2. The lowest BCUT2D eigenvalue weighted by molar-refractivity contribution is -0.145. The largest absolute Gasteiger partial charge is 0.467 e. The Bertz CT molecular complexity index is 577. The van der Waals surface area contributed by atoms with Gasteiger partial charge in [-0.25, -0.2) is 18.4 Å². The molecule has 1 saturated heterocycles. The van der Waals surface area contributed by atoms with E-state index in [2.05, 4.69) is 10.1 Å². The molecule has 1 aliphatic rings. The number of hydrogen-bond donors (Lipinski definition) is 1. The molecule has 1 aromatic carbocycles. The van der Waals surface area contributed by atoms with E-state index in [1.165, 1.54) is 4.90 Å². The SMILES string of the molecule is COC(=O)[C@H](CC(F)(F)Cc1ccccc1)NC(=O)N1CCOCC1. The van der Waals surface area contributed by atoms with E-state index < -0.39 is 36.8 Å². The molecule has 0 aliphatic carbocycles. The van der Waals surface area contributed by atoms with E-state index >= 15 is 0 Å². The van der Waals surface area contributed by atoms with Crippen molar-refractivity contribution in [3.05, 3.63) is 35.9 Å². The summed E-state index contributed by atoms with van der Waals surface area (Å²) < 4.78 is 38.4. The summed E-state index contributed by atoms with van der Waals surface area (Å²) in [6, 6.07) is 6.27. The van der Waals surface area contributed by atoms with Crippen LogP contribution in [0.1, 0.15) is 12.0 Å². The highest BCUT2D eigenvalue weighted by Gasteiger charge is 2.38. The van der Waals surface area contributed by atoms with Crippen molar-refractivity contribution in [1.82, 2.24) is 10.2 Å². The van der Waals surface area contributed by atoms with Gasteiger partial charge in [0, 0.05) is 25.9 Å². The summed E-state index contributed by atoms with van der Waals surface area (Å²) in [4.78, 5) is 25.5. The van der Waals surface area contributed by atoms with Gasteiger partial charge in [0.05, 0.1) is 20.3 Å². The van der Waals surface area contributed by atoms with Crippen LogP contribution in [-0.4, -0.2) is 62.3 Å². The van der Waals surface area contributed by atoms with Gasteiger partial charge in [0.25, 0.3) is 5.92 Å². The smallest absolute Gasteiger partial charge is 0.328 e. The van der Waals surface area contributed by atoms with Gasteiger partial charge in [-0.1, -0.05) is 30.3 Å². The van der Waals surface area contributed by atoms with Gasteiger partial charge in [-0.3, -0.25) is 0 Å². The number of hydrogen-bond acceptors (Lipinski definition) is 4. The molecule has 25 heavy (non-hydrogen) atoms. The topological polar surface area (TPSA) is 67.9 Å². The number of alkyl halides is 2. The number of amides is 2. The minimum atomic E-state index is -3.17. The number of carbonyl (C=O) groups is 2. The molecular formula is C17H22F2N2O4. The molecule has 138 valence electrons. The first-order chi connectivity index (χ1) is 11.9. The van der Waals surface area contributed by atoms with E-state index in [1.54, 1.807) is 30.3 Å². The average Bonchev–Trinajstić information content (AvgIpc) is 2.61. The quantitative estimate of drug-likeness (QED) is 0.790. The van der Waals surface area contributed by atoms with Gasteiger partial charge in [-0.05, 0) is 5.56 Å². The summed E-state index contributed by atoms with van der Waals surface area (Å²) in [5, 5.41) is 2.36. The molecule has 0 saturated carbocycles. The van der Waals surface area contributed by atoms with Gasteiger partial charge in [0.2, 0.25) is 0 Å². The first kappa shape index (κ1) is 19.1. The number of nitrogens with zero attached hydrogens (tertiary/aromatic N) is 1. The zero-order valence-corrected chi connectivity index (χ0v) is 14.0. The average molecular weight is 356 g/mol. The Labute approximate surface area is 145 Å². The standard InChI is InChI=1S/C17H22F2N2O4/c1-24-15(22)14(20-16(23)21-7-9-25-10-8-21)12-17(18,19)11-13-5-3-2-4-6-13/h2-6,14H,7-12H2,1H3,(H,20,23)/t14-/m0/s1. The summed E-state index contributed by atoms with van der Waals surface area (Å²) in [7, 11) is 1.10. The molecule has 0 aromatic heterocycles.